The first-order chi connectivity index (χ1) is 11.6. The van der Waals surface area contributed by atoms with Gasteiger partial charge >= 0.3 is 0 Å². The van der Waals surface area contributed by atoms with Crippen molar-refractivity contribution in [2.24, 2.45) is 5.73 Å². The summed E-state index contributed by atoms with van der Waals surface area (Å²) in [4.78, 5) is 0. The van der Waals surface area contributed by atoms with Crippen molar-refractivity contribution < 1.29 is 18.3 Å². The van der Waals surface area contributed by atoms with E-state index in [-0.39, 0.29) is 12.5 Å². The van der Waals surface area contributed by atoms with Crippen LogP contribution in [0.4, 0.5) is 8.78 Å². The highest BCUT2D eigenvalue weighted by molar-refractivity contribution is 5.43. The van der Waals surface area contributed by atoms with Gasteiger partial charge in [0.25, 0.3) is 0 Å². The molecule has 0 aliphatic carbocycles. The molecule has 0 saturated carbocycles. The third kappa shape index (κ3) is 4.45. The molecule has 0 radical (unpaired) electrons. The zero-order valence-electron chi connectivity index (χ0n) is 14.0. The molecule has 5 heteroatoms. The molecule has 0 bridgehead atoms. The summed E-state index contributed by atoms with van der Waals surface area (Å²) in [6.07, 6.45) is 0.533. The summed E-state index contributed by atoms with van der Waals surface area (Å²) in [5, 5.41) is 0. The van der Waals surface area contributed by atoms with Crippen LogP contribution >= 0.6 is 0 Å². The Morgan fingerprint density at radius 2 is 1.67 bits per heavy atom. The molecule has 0 saturated heterocycles. The van der Waals surface area contributed by atoms with E-state index in [9.17, 15) is 8.78 Å². The lowest BCUT2D eigenvalue weighted by Crippen LogP contribution is -2.16. The largest absolute Gasteiger partial charge is 0.490 e. The Hall–Kier alpha value is -2.14. The summed E-state index contributed by atoms with van der Waals surface area (Å²) in [5.41, 5.74) is 7.20. The summed E-state index contributed by atoms with van der Waals surface area (Å²) in [6, 6.07) is 9.25. The fourth-order valence-electron chi connectivity index (χ4n) is 2.66. The van der Waals surface area contributed by atoms with Crippen molar-refractivity contribution in [3.63, 3.8) is 0 Å². The minimum atomic E-state index is -0.591. The number of halogens is 2. The third-order valence-corrected chi connectivity index (χ3v) is 3.78. The highest BCUT2D eigenvalue weighted by atomic mass is 19.1. The normalized spacial score (nSPS) is 12.0. The molecular weight excluding hydrogens is 312 g/mol. The molecule has 0 spiro atoms. The van der Waals surface area contributed by atoms with E-state index in [1.54, 1.807) is 0 Å². The van der Waals surface area contributed by atoms with Gasteiger partial charge in [-0.25, -0.2) is 8.78 Å². The van der Waals surface area contributed by atoms with Gasteiger partial charge in [-0.1, -0.05) is 12.1 Å². The summed E-state index contributed by atoms with van der Waals surface area (Å²) < 4.78 is 38.3. The molecule has 24 heavy (non-hydrogen) atoms. The monoisotopic (exact) mass is 335 g/mol. The van der Waals surface area contributed by atoms with Crippen molar-refractivity contribution in [2.45, 2.75) is 26.2 Å². The Balaban J connectivity index is 2.25. The van der Waals surface area contributed by atoms with E-state index >= 15 is 0 Å². The van der Waals surface area contributed by atoms with Crippen LogP contribution in [0.3, 0.4) is 0 Å². The van der Waals surface area contributed by atoms with E-state index in [1.165, 1.54) is 12.1 Å². The van der Waals surface area contributed by atoms with Crippen molar-refractivity contribution in [3.8, 4) is 11.5 Å². The van der Waals surface area contributed by atoms with Gasteiger partial charge in [0.05, 0.1) is 13.2 Å². The quantitative estimate of drug-likeness (QED) is 0.791. The highest BCUT2D eigenvalue weighted by Gasteiger charge is 2.17. The predicted octanol–water partition coefficient (Wildman–Crippen LogP) is 4.05. The SMILES string of the molecule is CCOc1ccc(CC(CN)c2ccc(F)cc2F)cc1OCC. The van der Waals surface area contributed by atoms with E-state index in [2.05, 4.69) is 0 Å². The predicted molar refractivity (Wildman–Crippen MR) is 90.6 cm³/mol. The standard InChI is InChI=1S/C19H23F2NO2/c1-3-23-18-8-5-13(10-19(18)24-4-2)9-14(12-22)16-7-6-15(20)11-17(16)21/h5-8,10-11,14H,3-4,9,12,22H2,1-2H3. The maximum atomic E-state index is 14.0. The molecule has 0 heterocycles. The average molecular weight is 335 g/mol. The molecule has 3 nitrogen and oxygen atoms in total. The van der Waals surface area contributed by atoms with Crippen LogP contribution in [0.2, 0.25) is 0 Å². The van der Waals surface area contributed by atoms with E-state index in [4.69, 9.17) is 15.2 Å². The Kier molecular flexibility index (Phi) is 6.55. The number of hydrogen-bond donors (Lipinski definition) is 1. The minimum absolute atomic E-state index is 0.238. The molecule has 2 aromatic rings. The van der Waals surface area contributed by atoms with Crippen LogP contribution in [0, 0.1) is 11.6 Å². The van der Waals surface area contributed by atoms with Gasteiger partial charge in [0, 0.05) is 12.0 Å². The molecule has 1 atom stereocenters. The van der Waals surface area contributed by atoms with Gasteiger partial charge in [-0.15, -0.1) is 0 Å². The van der Waals surface area contributed by atoms with Crippen LogP contribution < -0.4 is 15.2 Å². The van der Waals surface area contributed by atoms with Crippen molar-refractivity contribution in [1.29, 1.82) is 0 Å². The molecule has 0 aromatic heterocycles. The lowest BCUT2D eigenvalue weighted by atomic mass is 9.91. The van der Waals surface area contributed by atoms with Crippen LogP contribution in [0.5, 0.6) is 11.5 Å². The van der Waals surface area contributed by atoms with Gasteiger partial charge in [0.1, 0.15) is 11.6 Å². The first-order valence-electron chi connectivity index (χ1n) is 8.12. The topological polar surface area (TPSA) is 44.5 Å². The van der Waals surface area contributed by atoms with Gasteiger partial charge in [-0.05, 0) is 56.1 Å². The molecule has 0 aliphatic heterocycles. The summed E-state index contributed by atoms with van der Waals surface area (Å²) >= 11 is 0. The molecule has 1 unspecified atom stereocenters. The van der Waals surface area contributed by atoms with Crippen LogP contribution in [-0.2, 0) is 6.42 Å². The zero-order chi connectivity index (χ0) is 17.5. The lowest BCUT2D eigenvalue weighted by Gasteiger charge is -2.18. The van der Waals surface area contributed by atoms with Gasteiger partial charge in [-0.3, -0.25) is 0 Å². The smallest absolute Gasteiger partial charge is 0.161 e. The number of hydrogen-bond acceptors (Lipinski definition) is 3. The van der Waals surface area contributed by atoms with Crippen LogP contribution in [-0.4, -0.2) is 19.8 Å². The van der Waals surface area contributed by atoms with Gasteiger partial charge in [-0.2, -0.15) is 0 Å². The lowest BCUT2D eigenvalue weighted by molar-refractivity contribution is 0.287. The minimum Gasteiger partial charge on any atom is -0.490 e. The number of ether oxygens (including phenoxy) is 2. The molecule has 0 amide bonds. The second-order valence-corrected chi connectivity index (χ2v) is 5.45. The van der Waals surface area contributed by atoms with Gasteiger partial charge in [0.2, 0.25) is 0 Å². The van der Waals surface area contributed by atoms with E-state index in [1.807, 2.05) is 32.0 Å². The Morgan fingerprint density at radius 1 is 0.958 bits per heavy atom. The number of nitrogens with two attached hydrogens (primary N) is 1. The maximum absolute atomic E-state index is 14.0. The average Bonchev–Trinajstić information content (AvgIpc) is 2.56. The number of benzene rings is 2. The molecule has 0 aliphatic rings. The Bertz CT molecular complexity index is 676. The van der Waals surface area contributed by atoms with Gasteiger partial charge < -0.3 is 15.2 Å². The van der Waals surface area contributed by atoms with Crippen LogP contribution in [0.15, 0.2) is 36.4 Å². The molecular formula is C19H23F2NO2. The van der Waals surface area contributed by atoms with Crippen LogP contribution in [0.25, 0.3) is 0 Å². The third-order valence-electron chi connectivity index (χ3n) is 3.78. The first-order valence-corrected chi connectivity index (χ1v) is 8.12. The van der Waals surface area contributed by atoms with Crippen molar-refractivity contribution in [2.75, 3.05) is 19.8 Å². The van der Waals surface area contributed by atoms with Crippen molar-refractivity contribution >= 4 is 0 Å². The number of rotatable bonds is 8. The van der Waals surface area contributed by atoms with E-state index < -0.39 is 11.6 Å². The molecule has 2 N–H and O–H groups in total. The van der Waals surface area contributed by atoms with Gasteiger partial charge in [0.15, 0.2) is 11.5 Å². The molecule has 130 valence electrons. The van der Waals surface area contributed by atoms with Crippen molar-refractivity contribution in [1.82, 2.24) is 0 Å². The Labute approximate surface area is 141 Å². The van der Waals surface area contributed by atoms with E-state index in [0.29, 0.717) is 36.7 Å². The second-order valence-electron chi connectivity index (χ2n) is 5.45. The van der Waals surface area contributed by atoms with E-state index in [0.717, 1.165) is 11.6 Å². The van der Waals surface area contributed by atoms with Crippen LogP contribution in [0.1, 0.15) is 30.9 Å². The van der Waals surface area contributed by atoms with Crippen molar-refractivity contribution in [3.05, 3.63) is 59.2 Å². The highest BCUT2D eigenvalue weighted by Crippen LogP contribution is 2.31. The fourth-order valence-corrected chi connectivity index (χ4v) is 2.66. The molecule has 0 fully saturated rings. The first kappa shape index (κ1) is 18.2. The maximum Gasteiger partial charge on any atom is 0.161 e. The Morgan fingerprint density at radius 3 is 2.29 bits per heavy atom. The molecule has 2 rings (SSSR count). The molecule has 2 aromatic carbocycles. The summed E-state index contributed by atoms with van der Waals surface area (Å²) in [6.45, 7) is 5.15. The summed E-state index contributed by atoms with van der Waals surface area (Å²) in [7, 11) is 0. The fraction of sp³-hybridized carbons (Fsp3) is 0.368. The zero-order valence-corrected chi connectivity index (χ0v) is 14.0. The summed E-state index contributed by atoms with van der Waals surface area (Å²) in [5.74, 6) is -0.0567. The second kappa shape index (κ2) is 8.64.